The Labute approximate surface area is 245 Å². The molecule has 0 radical (unpaired) electrons. The van der Waals surface area contributed by atoms with Gasteiger partial charge in [0.15, 0.2) is 0 Å². The van der Waals surface area contributed by atoms with Crippen LogP contribution in [0, 0.1) is 5.92 Å². The number of hydrogen-bond acceptors (Lipinski definition) is 5. The molecule has 1 heterocycles. The molecule has 0 bridgehead atoms. The van der Waals surface area contributed by atoms with Gasteiger partial charge in [-0.05, 0) is 43.0 Å². The summed E-state index contributed by atoms with van der Waals surface area (Å²) in [5, 5.41) is 8.76. The van der Waals surface area contributed by atoms with Gasteiger partial charge in [-0.1, -0.05) is 61.8 Å². The van der Waals surface area contributed by atoms with Gasteiger partial charge in [-0.25, -0.2) is 0 Å². The highest BCUT2D eigenvalue weighted by Crippen LogP contribution is 2.16. The topological polar surface area (TPSA) is 128 Å². The lowest BCUT2D eigenvalue weighted by Gasteiger charge is -2.32. The molecule has 1 saturated heterocycles. The molecule has 3 N–H and O–H groups in total. The van der Waals surface area contributed by atoms with Crippen LogP contribution in [0.25, 0.3) is 0 Å². The van der Waals surface area contributed by atoms with E-state index in [-0.39, 0.29) is 37.9 Å². The minimum atomic E-state index is -0.932. The Bertz CT molecular complexity index is 1250. The van der Waals surface area contributed by atoms with E-state index in [4.69, 9.17) is 11.6 Å². The zero-order chi connectivity index (χ0) is 30.1. The number of carbonyl (C=O) groups excluding carboxylic acids is 5. The summed E-state index contributed by atoms with van der Waals surface area (Å²) < 4.78 is 0. The van der Waals surface area contributed by atoms with Crippen LogP contribution in [0.2, 0.25) is 5.02 Å². The van der Waals surface area contributed by atoms with Crippen molar-refractivity contribution in [3.05, 3.63) is 70.7 Å². The van der Waals surface area contributed by atoms with Crippen molar-refractivity contribution < 1.29 is 24.0 Å². The van der Waals surface area contributed by atoms with E-state index in [1.165, 1.54) is 22.9 Å². The van der Waals surface area contributed by atoms with Crippen molar-refractivity contribution in [3.63, 3.8) is 0 Å². The summed E-state index contributed by atoms with van der Waals surface area (Å²) in [5.41, 5.74) is 1.18. The number of amides is 5. The van der Waals surface area contributed by atoms with Gasteiger partial charge in [0.05, 0.1) is 6.54 Å². The van der Waals surface area contributed by atoms with Gasteiger partial charge >= 0.3 is 0 Å². The molecule has 1 aliphatic heterocycles. The van der Waals surface area contributed by atoms with Crippen LogP contribution in [-0.2, 0) is 25.6 Å². The SMILES string of the molecule is CC(C)[C@@H]1NC(=O)[C@@H](C)N(C(=O)c2cccc(Cl)c2)CCCNC(=O)[C@H](Cc2ccccc2)NC(=O)CN(C)C1=O. The molecule has 3 rings (SSSR count). The average molecular weight is 584 g/mol. The highest BCUT2D eigenvalue weighted by molar-refractivity contribution is 6.31. The zero-order valence-electron chi connectivity index (χ0n) is 23.9. The number of nitrogens with one attached hydrogen (secondary N) is 3. The molecule has 5 amide bonds. The fraction of sp³-hybridized carbons (Fsp3) is 0.433. The largest absolute Gasteiger partial charge is 0.354 e. The molecule has 41 heavy (non-hydrogen) atoms. The molecule has 220 valence electrons. The number of likely N-dealkylation sites (N-methyl/N-ethyl adjacent to an activating group) is 1. The van der Waals surface area contributed by atoms with E-state index in [2.05, 4.69) is 16.0 Å². The number of carbonyl (C=O) groups is 5. The summed E-state index contributed by atoms with van der Waals surface area (Å²) in [6.45, 7) is 5.22. The maximum atomic E-state index is 13.5. The summed E-state index contributed by atoms with van der Waals surface area (Å²) in [6, 6.07) is 13.0. The average Bonchev–Trinajstić information content (AvgIpc) is 2.94. The third-order valence-corrected chi connectivity index (χ3v) is 7.21. The Hall–Kier alpha value is -3.92. The summed E-state index contributed by atoms with van der Waals surface area (Å²) in [6.07, 6.45) is 0.605. The van der Waals surface area contributed by atoms with Gasteiger partial charge in [-0.15, -0.1) is 0 Å². The van der Waals surface area contributed by atoms with Crippen molar-refractivity contribution in [3.8, 4) is 0 Å². The van der Waals surface area contributed by atoms with E-state index >= 15 is 0 Å². The summed E-state index contributed by atoms with van der Waals surface area (Å²) >= 11 is 6.11. The van der Waals surface area contributed by atoms with Crippen molar-refractivity contribution in [2.45, 2.75) is 51.7 Å². The third-order valence-electron chi connectivity index (χ3n) is 6.98. The van der Waals surface area contributed by atoms with Crippen LogP contribution in [0.5, 0.6) is 0 Å². The summed E-state index contributed by atoms with van der Waals surface area (Å²) in [4.78, 5) is 69.0. The van der Waals surface area contributed by atoms with Gasteiger partial charge in [-0.3, -0.25) is 24.0 Å². The highest BCUT2D eigenvalue weighted by atomic mass is 35.5. The minimum absolute atomic E-state index is 0.149. The molecule has 0 unspecified atom stereocenters. The third kappa shape index (κ3) is 8.78. The van der Waals surface area contributed by atoms with Gasteiger partial charge in [0.1, 0.15) is 18.1 Å². The Morgan fingerprint density at radius 2 is 1.71 bits per heavy atom. The van der Waals surface area contributed by atoms with Gasteiger partial charge in [-0.2, -0.15) is 0 Å². The van der Waals surface area contributed by atoms with Crippen LogP contribution >= 0.6 is 11.6 Å². The van der Waals surface area contributed by atoms with E-state index in [1.807, 2.05) is 30.3 Å². The standard InChI is InChI=1S/C30H38ClN5O5/c1-19(2)26-30(41)35(4)18-25(37)33-24(16-21-10-6-5-7-11-21)28(39)32-14-9-15-36(20(3)27(38)34-26)29(40)22-12-8-13-23(31)17-22/h5-8,10-13,17,19-20,24,26H,9,14-16,18H2,1-4H3,(H,32,39)(H,33,37)(H,34,38)/t20-,24+,26+/m1/s1. The predicted octanol–water partition coefficient (Wildman–Crippen LogP) is 2.02. The Balaban J connectivity index is 1.91. The van der Waals surface area contributed by atoms with E-state index in [0.717, 1.165) is 5.56 Å². The second-order valence-corrected chi connectivity index (χ2v) is 11.0. The zero-order valence-corrected chi connectivity index (χ0v) is 24.6. The quantitative estimate of drug-likeness (QED) is 0.507. The van der Waals surface area contributed by atoms with Gasteiger partial charge in [0, 0.05) is 37.1 Å². The maximum absolute atomic E-state index is 13.5. The van der Waals surface area contributed by atoms with Crippen molar-refractivity contribution in [2.75, 3.05) is 26.7 Å². The van der Waals surface area contributed by atoms with Crippen LogP contribution < -0.4 is 16.0 Å². The molecule has 11 heteroatoms. The monoisotopic (exact) mass is 583 g/mol. The molecule has 10 nitrogen and oxygen atoms in total. The normalized spacial score (nSPS) is 21.8. The predicted molar refractivity (Wildman–Crippen MR) is 156 cm³/mol. The molecular formula is C30H38ClN5O5. The molecule has 3 atom stereocenters. The van der Waals surface area contributed by atoms with Crippen molar-refractivity contribution >= 4 is 41.1 Å². The lowest BCUT2D eigenvalue weighted by molar-refractivity contribution is -0.140. The number of halogens is 1. The lowest BCUT2D eigenvalue weighted by atomic mass is 10.0. The molecule has 2 aromatic rings. The minimum Gasteiger partial charge on any atom is -0.354 e. The number of hydrogen-bond donors (Lipinski definition) is 3. The molecule has 1 fully saturated rings. The van der Waals surface area contributed by atoms with Crippen molar-refractivity contribution in [1.82, 2.24) is 25.8 Å². The molecule has 0 saturated carbocycles. The molecular weight excluding hydrogens is 546 g/mol. The number of nitrogens with zero attached hydrogens (tertiary/aromatic N) is 2. The second-order valence-electron chi connectivity index (χ2n) is 10.6. The van der Waals surface area contributed by atoms with Gasteiger partial charge < -0.3 is 25.8 Å². The van der Waals surface area contributed by atoms with Gasteiger partial charge in [0.25, 0.3) is 5.91 Å². The smallest absolute Gasteiger partial charge is 0.254 e. The fourth-order valence-corrected chi connectivity index (χ4v) is 4.79. The molecule has 2 aromatic carbocycles. The molecule has 0 aromatic heterocycles. The van der Waals surface area contributed by atoms with E-state index in [9.17, 15) is 24.0 Å². The van der Waals surface area contributed by atoms with Crippen molar-refractivity contribution in [1.29, 1.82) is 0 Å². The first-order chi connectivity index (χ1) is 19.5. The fourth-order valence-electron chi connectivity index (χ4n) is 4.60. The Morgan fingerprint density at radius 3 is 2.37 bits per heavy atom. The lowest BCUT2D eigenvalue weighted by Crippen LogP contribution is -2.57. The maximum Gasteiger partial charge on any atom is 0.254 e. The number of rotatable bonds is 4. The van der Waals surface area contributed by atoms with Crippen LogP contribution in [-0.4, -0.2) is 84.1 Å². The van der Waals surface area contributed by atoms with E-state index < -0.39 is 41.8 Å². The first-order valence-corrected chi connectivity index (χ1v) is 14.1. The van der Waals surface area contributed by atoms with Crippen LogP contribution in [0.15, 0.2) is 54.6 Å². The first-order valence-electron chi connectivity index (χ1n) is 13.7. The Kier molecular flexibility index (Phi) is 11.3. The molecule has 0 aliphatic carbocycles. The second kappa shape index (κ2) is 14.6. The molecule has 0 spiro atoms. The van der Waals surface area contributed by atoms with Crippen molar-refractivity contribution in [2.24, 2.45) is 5.92 Å². The summed E-state index contributed by atoms with van der Waals surface area (Å²) in [7, 11) is 1.47. The Morgan fingerprint density at radius 1 is 1.00 bits per heavy atom. The van der Waals surface area contributed by atoms with Gasteiger partial charge in [0.2, 0.25) is 23.6 Å². The molecule has 1 aliphatic rings. The van der Waals surface area contributed by atoms with E-state index in [1.54, 1.807) is 39.0 Å². The first kappa shape index (κ1) is 31.6. The van der Waals surface area contributed by atoms with Crippen LogP contribution in [0.1, 0.15) is 43.1 Å². The summed E-state index contributed by atoms with van der Waals surface area (Å²) in [5.74, 6) is -2.55. The van der Waals surface area contributed by atoms with Crippen LogP contribution in [0.3, 0.4) is 0 Å². The highest BCUT2D eigenvalue weighted by Gasteiger charge is 2.33. The number of benzene rings is 2. The van der Waals surface area contributed by atoms with Crippen LogP contribution in [0.4, 0.5) is 0 Å². The van der Waals surface area contributed by atoms with E-state index in [0.29, 0.717) is 17.0 Å².